The number of piperidine rings is 1. The first kappa shape index (κ1) is 15.0. The van der Waals surface area contributed by atoms with E-state index in [1.54, 1.807) is 16.0 Å². The second kappa shape index (κ2) is 5.64. The number of aromatic nitrogens is 4. The van der Waals surface area contributed by atoms with E-state index in [1.165, 1.54) is 6.07 Å². The Morgan fingerprint density at radius 2 is 1.96 bits per heavy atom. The zero-order valence-corrected chi connectivity index (χ0v) is 14.7. The molecule has 25 heavy (non-hydrogen) atoms. The van der Waals surface area contributed by atoms with E-state index in [0.29, 0.717) is 17.1 Å². The summed E-state index contributed by atoms with van der Waals surface area (Å²) in [7, 11) is 1.85. The molecule has 1 N–H and O–H groups in total. The molecule has 128 valence electrons. The quantitative estimate of drug-likeness (QED) is 0.596. The van der Waals surface area contributed by atoms with Gasteiger partial charge in [0, 0.05) is 46.7 Å². The Kier molecular flexibility index (Phi) is 3.39. The minimum absolute atomic E-state index is 0.235. The molecule has 0 amide bonds. The predicted octanol–water partition coefficient (Wildman–Crippen LogP) is 3.72. The average molecular weight is 355 g/mol. The lowest BCUT2D eigenvalue weighted by Gasteiger charge is -2.22. The van der Waals surface area contributed by atoms with Gasteiger partial charge in [0.2, 0.25) is 0 Å². The molecule has 7 heteroatoms. The van der Waals surface area contributed by atoms with Crippen molar-refractivity contribution in [3.8, 4) is 10.4 Å². The van der Waals surface area contributed by atoms with Gasteiger partial charge in [0.05, 0.1) is 11.6 Å². The molecule has 1 aromatic carbocycles. The Bertz CT molecular complexity index is 1040. The van der Waals surface area contributed by atoms with E-state index >= 15 is 0 Å². The van der Waals surface area contributed by atoms with E-state index in [1.807, 2.05) is 25.4 Å². The molecule has 0 bridgehead atoms. The Morgan fingerprint density at radius 3 is 2.76 bits per heavy atom. The molecule has 4 aromatic rings. The number of hydrogen-bond acceptors (Lipinski definition) is 4. The van der Waals surface area contributed by atoms with Crippen LogP contribution in [0.15, 0.2) is 30.6 Å². The minimum atomic E-state index is -0.235. The molecule has 3 aromatic heterocycles. The Hall–Kier alpha value is -2.25. The summed E-state index contributed by atoms with van der Waals surface area (Å²) in [5.74, 6) is -0.235. The lowest BCUT2D eigenvalue weighted by Crippen LogP contribution is -2.29. The highest BCUT2D eigenvalue weighted by atomic mass is 32.1. The van der Waals surface area contributed by atoms with Crippen molar-refractivity contribution in [1.29, 1.82) is 0 Å². The first-order valence-electron chi connectivity index (χ1n) is 8.50. The van der Waals surface area contributed by atoms with Crippen molar-refractivity contribution in [3.63, 3.8) is 0 Å². The predicted molar refractivity (Wildman–Crippen MR) is 98.4 cm³/mol. The molecule has 5 rings (SSSR count). The zero-order valence-electron chi connectivity index (χ0n) is 13.9. The average Bonchev–Trinajstić information content (AvgIpc) is 3.26. The minimum Gasteiger partial charge on any atom is -0.317 e. The number of rotatable bonds is 2. The summed E-state index contributed by atoms with van der Waals surface area (Å²) >= 11 is 1.55. The van der Waals surface area contributed by atoms with Crippen molar-refractivity contribution in [1.82, 2.24) is 24.9 Å². The van der Waals surface area contributed by atoms with Gasteiger partial charge >= 0.3 is 0 Å². The van der Waals surface area contributed by atoms with Gasteiger partial charge in [0.1, 0.15) is 10.6 Å². The summed E-state index contributed by atoms with van der Waals surface area (Å²) in [4.78, 5) is 1.89. The molecule has 0 unspecified atom stereocenters. The van der Waals surface area contributed by atoms with Crippen LogP contribution < -0.4 is 5.32 Å². The van der Waals surface area contributed by atoms with E-state index in [2.05, 4.69) is 21.3 Å². The van der Waals surface area contributed by atoms with Crippen LogP contribution in [0.5, 0.6) is 0 Å². The van der Waals surface area contributed by atoms with Gasteiger partial charge in [-0.15, -0.1) is 11.3 Å². The van der Waals surface area contributed by atoms with Gasteiger partial charge < -0.3 is 5.32 Å². The third kappa shape index (κ3) is 2.54. The number of hydrogen-bond donors (Lipinski definition) is 1. The van der Waals surface area contributed by atoms with Crippen molar-refractivity contribution in [2.24, 2.45) is 7.05 Å². The van der Waals surface area contributed by atoms with Crippen LogP contribution in [0.2, 0.25) is 0 Å². The number of halogens is 1. The lowest BCUT2D eigenvalue weighted by molar-refractivity contribution is 0.345. The van der Waals surface area contributed by atoms with Gasteiger partial charge in [-0.05, 0) is 38.1 Å². The molecule has 0 spiro atoms. The fourth-order valence-electron chi connectivity index (χ4n) is 3.59. The number of benzene rings is 1. The molecular weight excluding hydrogens is 337 g/mol. The third-order valence-electron chi connectivity index (χ3n) is 4.87. The topological polar surface area (TPSA) is 47.7 Å². The van der Waals surface area contributed by atoms with Crippen LogP contribution in [0.4, 0.5) is 4.39 Å². The molecule has 1 aliphatic rings. The zero-order chi connectivity index (χ0) is 17.0. The van der Waals surface area contributed by atoms with Crippen molar-refractivity contribution < 1.29 is 4.39 Å². The molecular formula is C18H18FN5S. The molecule has 4 heterocycles. The van der Waals surface area contributed by atoms with Crippen LogP contribution in [-0.4, -0.2) is 32.7 Å². The van der Waals surface area contributed by atoms with Gasteiger partial charge in [0.25, 0.3) is 0 Å². The molecule has 1 aliphatic heterocycles. The SMILES string of the molecule is Cn1cc2cc(-c3cc4cn(C5CCNCC5)nc4s3)c(F)cc2n1. The maximum absolute atomic E-state index is 14.5. The molecule has 1 saturated heterocycles. The smallest absolute Gasteiger partial charge is 0.146 e. The molecule has 0 saturated carbocycles. The Labute approximate surface area is 148 Å². The molecule has 0 aliphatic carbocycles. The summed E-state index contributed by atoms with van der Waals surface area (Å²) in [6.45, 7) is 2.08. The van der Waals surface area contributed by atoms with Crippen molar-refractivity contribution in [2.75, 3.05) is 13.1 Å². The normalized spacial score (nSPS) is 16.2. The second-order valence-electron chi connectivity index (χ2n) is 6.66. The highest BCUT2D eigenvalue weighted by molar-refractivity contribution is 7.21. The fourth-order valence-corrected chi connectivity index (χ4v) is 4.62. The van der Waals surface area contributed by atoms with E-state index in [-0.39, 0.29) is 5.82 Å². The molecule has 0 radical (unpaired) electrons. The summed E-state index contributed by atoms with van der Waals surface area (Å²) in [6, 6.07) is 5.90. The van der Waals surface area contributed by atoms with Gasteiger partial charge in [-0.1, -0.05) is 0 Å². The maximum Gasteiger partial charge on any atom is 0.146 e. The van der Waals surface area contributed by atoms with Gasteiger partial charge in [-0.25, -0.2) is 4.39 Å². The van der Waals surface area contributed by atoms with Crippen LogP contribution in [0.25, 0.3) is 31.6 Å². The van der Waals surface area contributed by atoms with Crippen LogP contribution in [0, 0.1) is 5.82 Å². The Balaban J connectivity index is 1.54. The fraction of sp³-hybridized carbons (Fsp3) is 0.333. The maximum atomic E-state index is 14.5. The molecule has 5 nitrogen and oxygen atoms in total. The number of aryl methyl sites for hydroxylation is 1. The molecule has 1 fully saturated rings. The van der Waals surface area contributed by atoms with Crippen molar-refractivity contribution >= 4 is 32.5 Å². The van der Waals surface area contributed by atoms with E-state index in [9.17, 15) is 4.39 Å². The van der Waals surface area contributed by atoms with Gasteiger partial charge in [-0.3, -0.25) is 9.36 Å². The van der Waals surface area contributed by atoms with Crippen LogP contribution in [0.3, 0.4) is 0 Å². The number of nitrogens with one attached hydrogen (secondary N) is 1. The monoisotopic (exact) mass is 355 g/mol. The number of nitrogens with zero attached hydrogens (tertiary/aromatic N) is 4. The van der Waals surface area contributed by atoms with Gasteiger partial charge in [0.15, 0.2) is 0 Å². The first-order valence-corrected chi connectivity index (χ1v) is 9.32. The van der Waals surface area contributed by atoms with Crippen LogP contribution in [0.1, 0.15) is 18.9 Å². The standard InChI is InChI=1S/C18H18FN5S/c1-23-9-11-6-14(15(19)8-16(11)21-23)17-7-12-10-24(22-18(12)25-17)13-2-4-20-5-3-13/h6-10,13,20H,2-5H2,1H3. The van der Waals surface area contributed by atoms with E-state index in [0.717, 1.165) is 46.4 Å². The van der Waals surface area contributed by atoms with Gasteiger partial charge in [-0.2, -0.15) is 10.2 Å². The van der Waals surface area contributed by atoms with Crippen molar-refractivity contribution in [2.45, 2.75) is 18.9 Å². The summed E-state index contributed by atoms with van der Waals surface area (Å²) in [6.07, 6.45) is 6.23. The second-order valence-corrected chi connectivity index (χ2v) is 7.69. The highest BCUT2D eigenvalue weighted by Gasteiger charge is 2.18. The third-order valence-corrected chi connectivity index (χ3v) is 5.94. The van der Waals surface area contributed by atoms with Crippen LogP contribution in [-0.2, 0) is 7.05 Å². The first-order chi connectivity index (χ1) is 12.2. The Morgan fingerprint density at radius 1 is 1.12 bits per heavy atom. The molecule has 0 atom stereocenters. The summed E-state index contributed by atoms with van der Waals surface area (Å²) in [5.41, 5.74) is 1.30. The number of thiophene rings is 1. The lowest BCUT2D eigenvalue weighted by atomic mass is 10.1. The highest BCUT2D eigenvalue weighted by Crippen LogP contribution is 2.36. The van der Waals surface area contributed by atoms with Crippen molar-refractivity contribution in [3.05, 3.63) is 36.4 Å². The number of fused-ring (bicyclic) bond motifs is 2. The largest absolute Gasteiger partial charge is 0.317 e. The van der Waals surface area contributed by atoms with E-state index in [4.69, 9.17) is 5.10 Å². The van der Waals surface area contributed by atoms with Crippen LogP contribution >= 0.6 is 11.3 Å². The summed E-state index contributed by atoms with van der Waals surface area (Å²) < 4.78 is 18.3. The summed E-state index contributed by atoms with van der Waals surface area (Å²) in [5, 5.41) is 14.4. The van der Waals surface area contributed by atoms with E-state index < -0.39 is 0 Å².